The number of carbonyl (C=O) groups is 1. The molecule has 0 aromatic carbocycles. The van der Waals surface area contributed by atoms with E-state index < -0.39 is 18.1 Å². The summed E-state index contributed by atoms with van der Waals surface area (Å²) in [5.41, 5.74) is 5.86. The predicted octanol–water partition coefficient (Wildman–Crippen LogP) is -0.669. The van der Waals surface area contributed by atoms with Crippen LogP contribution in [0.15, 0.2) is 6.20 Å². The summed E-state index contributed by atoms with van der Waals surface area (Å²) in [6.45, 7) is 0.481. The molecule has 1 aliphatic rings. The van der Waals surface area contributed by atoms with E-state index in [1.807, 2.05) is 0 Å². The molecular weight excluding hydrogens is 186 g/mol. The number of hydrogen-bond acceptors (Lipinski definition) is 4. The van der Waals surface area contributed by atoms with Gasteiger partial charge in [0.2, 0.25) is 0 Å². The Hall–Kier alpha value is -1.40. The van der Waals surface area contributed by atoms with Crippen molar-refractivity contribution in [2.45, 2.75) is 18.6 Å². The van der Waals surface area contributed by atoms with E-state index in [1.54, 1.807) is 0 Å². The van der Waals surface area contributed by atoms with Crippen LogP contribution in [0.3, 0.4) is 0 Å². The van der Waals surface area contributed by atoms with Gasteiger partial charge in [0.1, 0.15) is 11.8 Å². The van der Waals surface area contributed by atoms with Gasteiger partial charge in [-0.25, -0.2) is 0 Å². The van der Waals surface area contributed by atoms with Crippen molar-refractivity contribution < 1.29 is 14.6 Å². The topological polar surface area (TPSA) is 101 Å². The molecule has 2 rings (SSSR count). The molecule has 1 saturated heterocycles. The first-order valence-corrected chi connectivity index (χ1v) is 4.33. The summed E-state index contributed by atoms with van der Waals surface area (Å²) < 4.78 is 5.28. The minimum atomic E-state index is -0.597. The molecule has 0 aliphatic carbocycles. The van der Waals surface area contributed by atoms with Gasteiger partial charge in [-0.1, -0.05) is 0 Å². The number of ether oxygens (including phenoxy) is 1. The summed E-state index contributed by atoms with van der Waals surface area (Å²) in [7, 11) is 0. The Balaban J connectivity index is 2.31. The maximum absolute atomic E-state index is 11.0. The third-order valence-corrected chi connectivity index (χ3v) is 2.28. The number of nitrogens with zero attached hydrogens (tertiary/aromatic N) is 1. The Bertz CT molecular complexity index is 349. The molecule has 1 fully saturated rings. The Morgan fingerprint density at radius 3 is 3.14 bits per heavy atom. The molecule has 1 aliphatic heterocycles. The Morgan fingerprint density at radius 1 is 1.79 bits per heavy atom. The van der Waals surface area contributed by atoms with Crippen LogP contribution < -0.4 is 5.73 Å². The lowest BCUT2D eigenvalue weighted by Crippen LogP contribution is -2.19. The zero-order valence-electron chi connectivity index (χ0n) is 7.43. The van der Waals surface area contributed by atoms with Crippen molar-refractivity contribution in [3.63, 3.8) is 0 Å². The monoisotopic (exact) mass is 197 g/mol. The number of amides is 1. The number of aliphatic hydroxyl groups is 1. The van der Waals surface area contributed by atoms with Crippen LogP contribution in [0.1, 0.15) is 28.6 Å². The first kappa shape index (κ1) is 9.17. The number of carbonyl (C=O) groups excluding carboxylic acids is 1. The van der Waals surface area contributed by atoms with Crippen LogP contribution in [0, 0.1) is 0 Å². The van der Waals surface area contributed by atoms with Gasteiger partial charge in [0.25, 0.3) is 5.91 Å². The van der Waals surface area contributed by atoms with E-state index in [9.17, 15) is 9.90 Å². The van der Waals surface area contributed by atoms with E-state index in [1.165, 1.54) is 6.20 Å². The van der Waals surface area contributed by atoms with Gasteiger partial charge < -0.3 is 15.6 Å². The predicted molar refractivity (Wildman–Crippen MR) is 46.4 cm³/mol. The minimum absolute atomic E-state index is 0.205. The van der Waals surface area contributed by atoms with Gasteiger partial charge in [0.15, 0.2) is 0 Å². The number of nitrogens with two attached hydrogens (primary N) is 1. The van der Waals surface area contributed by atoms with Gasteiger partial charge in [0.05, 0.1) is 18.9 Å². The lowest BCUT2D eigenvalue weighted by molar-refractivity contribution is 0.0411. The van der Waals surface area contributed by atoms with E-state index in [0.29, 0.717) is 18.6 Å². The number of aromatic amines is 1. The van der Waals surface area contributed by atoms with E-state index in [2.05, 4.69) is 10.2 Å². The SMILES string of the molecule is NC(=O)c1[nH]ncc1C1OCCC1O. The van der Waals surface area contributed by atoms with E-state index in [0.717, 1.165) is 0 Å². The van der Waals surface area contributed by atoms with Gasteiger partial charge >= 0.3 is 0 Å². The van der Waals surface area contributed by atoms with Gasteiger partial charge in [-0.3, -0.25) is 9.89 Å². The zero-order chi connectivity index (χ0) is 10.1. The van der Waals surface area contributed by atoms with Crippen LogP contribution >= 0.6 is 0 Å². The molecule has 6 nitrogen and oxygen atoms in total. The maximum Gasteiger partial charge on any atom is 0.267 e. The summed E-state index contributed by atoms with van der Waals surface area (Å²) in [4.78, 5) is 11.0. The van der Waals surface area contributed by atoms with Crippen molar-refractivity contribution in [1.29, 1.82) is 0 Å². The summed E-state index contributed by atoms with van der Waals surface area (Å²) in [5, 5.41) is 15.7. The Labute approximate surface area is 80.1 Å². The third-order valence-electron chi connectivity index (χ3n) is 2.28. The molecule has 0 radical (unpaired) electrons. The average Bonchev–Trinajstić information content (AvgIpc) is 2.70. The first-order valence-electron chi connectivity index (χ1n) is 4.33. The number of aromatic nitrogens is 2. The van der Waals surface area contributed by atoms with Gasteiger partial charge in [-0.2, -0.15) is 5.10 Å². The van der Waals surface area contributed by atoms with Crippen LogP contribution in [0.4, 0.5) is 0 Å². The number of aliphatic hydroxyl groups excluding tert-OH is 1. The van der Waals surface area contributed by atoms with Crippen LogP contribution in [0.2, 0.25) is 0 Å². The minimum Gasteiger partial charge on any atom is -0.390 e. The molecule has 0 saturated carbocycles. The standard InChI is InChI=1S/C8H11N3O3/c9-8(13)6-4(3-10-11-6)7-5(12)1-2-14-7/h3,5,7,12H,1-2H2,(H2,9,13)(H,10,11). The molecule has 2 unspecified atom stereocenters. The summed E-state index contributed by atoms with van der Waals surface area (Å²) >= 11 is 0. The van der Waals surface area contributed by atoms with Crippen molar-refractivity contribution in [2.75, 3.05) is 6.61 Å². The molecule has 1 aromatic heterocycles. The Morgan fingerprint density at radius 2 is 2.57 bits per heavy atom. The van der Waals surface area contributed by atoms with Crippen molar-refractivity contribution >= 4 is 5.91 Å². The molecule has 6 heteroatoms. The molecule has 2 atom stereocenters. The second-order valence-corrected chi connectivity index (χ2v) is 3.21. The first-order chi connectivity index (χ1) is 6.70. The normalized spacial score (nSPS) is 26.6. The third kappa shape index (κ3) is 1.38. The highest BCUT2D eigenvalue weighted by Crippen LogP contribution is 2.30. The lowest BCUT2D eigenvalue weighted by atomic mass is 10.1. The second kappa shape index (κ2) is 3.39. The highest BCUT2D eigenvalue weighted by Gasteiger charge is 2.31. The summed E-state index contributed by atoms with van der Waals surface area (Å²) in [6.07, 6.45) is 0.940. The molecule has 1 amide bonds. The highest BCUT2D eigenvalue weighted by molar-refractivity contribution is 5.92. The van der Waals surface area contributed by atoms with Crippen molar-refractivity contribution in [1.82, 2.24) is 10.2 Å². The number of rotatable bonds is 2. The molecule has 0 bridgehead atoms. The average molecular weight is 197 g/mol. The molecular formula is C8H11N3O3. The molecule has 76 valence electrons. The van der Waals surface area contributed by atoms with Crippen molar-refractivity contribution in [3.05, 3.63) is 17.5 Å². The van der Waals surface area contributed by atoms with Crippen LogP contribution in [-0.4, -0.2) is 33.9 Å². The van der Waals surface area contributed by atoms with Crippen molar-refractivity contribution in [3.8, 4) is 0 Å². The summed E-state index contributed by atoms with van der Waals surface area (Å²) in [5.74, 6) is -0.597. The van der Waals surface area contributed by atoms with E-state index in [4.69, 9.17) is 10.5 Å². The number of nitrogens with one attached hydrogen (secondary N) is 1. The number of hydrogen-bond donors (Lipinski definition) is 3. The van der Waals surface area contributed by atoms with E-state index >= 15 is 0 Å². The zero-order valence-corrected chi connectivity index (χ0v) is 7.43. The quantitative estimate of drug-likeness (QED) is 0.585. The highest BCUT2D eigenvalue weighted by atomic mass is 16.5. The number of primary amides is 1. The molecule has 1 aromatic rings. The van der Waals surface area contributed by atoms with Crippen LogP contribution in [0.5, 0.6) is 0 Å². The van der Waals surface area contributed by atoms with Crippen LogP contribution in [0.25, 0.3) is 0 Å². The van der Waals surface area contributed by atoms with E-state index in [-0.39, 0.29) is 5.69 Å². The smallest absolute Gasteiger partial charge is 0.267 e. The second-order valence-electron chi connectivity index (χ2n) is 3.21. The Kier molecular flexibility index (Phi) is 2.22. The largest absolute Gasteiger partial charge is 0.390 e. The lowest BCUT2D eigenvalue weighted by Gasteiger charge is -2.12. The van der Waals surface area contributed by atoms with Gasteiger partial charge in [-0.05, 0) is 6.42 Å². The number of H-pyrrole nitrogens is 1. The molecule has 0 spiro atoms. The molecule has 2 heterocycles. The van der Waals surface area contributed by atoms with Gasteiger partial charge in [-0.15, -0.1) is 0 Å². The van der Waals surface area contributed by atoms with Gasteiger partial charge in [0, 0.05) is 5.56 Å². The summed E-state index contributed by atoms with van der Waals surface area (Å²) in [6, 6.07) is 0. The molecule has 14 heavy (non-hydrogen) atoms. The fourth-order valence-electron chi connectivity index (χ4n) is 1.58. The van der Waals surface area contributed by atoms with Crippen LogP contribution in [-0.2, 0) is 4.74 Å². The van der Waals surface area contributed by atoms with Crippen molar-refractivity contribution in [2.24, 2.45) is 5.73 Å². The fourth-order valence-corrected chi connectivity index (χ4v) is 1.58. The maximum atomic E-state index is 11.0. The fraction of sp³-hybridized carbons (Fsp3) is 0.500. The molecule has 4 N–H and O–H groups in total.